The van der Waals surface area contributed by atoms with E-state index < -0.39 is 0 Å². The fraction of sp³-hybridized carbons (Fsp3) is 0.250. The zero-order valence-corrected chi connectivity index (χ0v) is 19.2. The van der Waals surface area contributed by atoms with Crippen molar-refractivity contribution in [3.8, 4) is 11.1 Å². The quantitative estimate of drug-likeness (QED) is 0.302. The van der Waals surface area contributed by atoms with Crippen molar-refractivity contribution in [2.75, 3.05) is 7.11 Å². The molecule has 33 heavy (non-hydrogen) atoms. The van der Waals surface area contributed by atoms with Gasteiger partial charge in [0.15, 0.2) is 5.78 Å². The predicted molar refractivity (Wildman–Crippen MR) is 124 cm³/mol. The number of hydrogen-bond donors (Lipinski definition) is 0. The minimum Gasteiger partial charge on any atom is -0.469 e. The molecule has 0 aliphatic rings. The molecule has 0 bridgehead atoms. The number of carbonyl (C=O) groups excluding carboxylic acids is 2. The topological polar surface area (TPSA) is 83.2 Å². The Labute approximate surface area is 193 Å². The summed E-state index contributed by atoms with van der Waals surface area (Å²) in [6, 6.07) is 7.67. The first-order chi connectivity index (χ1) is 15.8. The Morgan fingerprint density at radius 1 is 1.18 bits per heavy atom. The molecule has 3 heterocycles. The number of esters is 1. The van der Waals surface area contributed by atoms with Gasteiger partial charge in [0.05, 0.1) is 31.8 Å². The van der Waals surface area contributed by atoms with E-state index in [4.69, 9.17) is 4.74 Å². The van der Waals surface area contributed by atoms with E-state index in [0.717, 1.165) is 11.4 Å². The first-order valence-electron chi connectivity index (χ1n) is 10.3. The number of methoxy groups -OCH3 is 1. The number of fused-ring (bicyclic) bond motifs is 1. The fourth-order valence-electron chi connectivity index (χ4n) is 3.89. The maximum absolute atomic E-state index is 13.3. The zero-order valence-electron chi connectivity index (χ0n) is 18.4. The molecule has 0 aliphatic carbocycles. The van der Waals surface area contributed by atoms with Gasteiger partial charge < -0.3 is 9.30 Å². The second-order valence-electron chi connectivity index (χ2n) is 7.70. The first kappa shape index (κ1) is 22.6. The van der Waals surface area contributed by atoms with Crippen molar-refractivity contribution < 1.29 is 18.7 Å². The summed E-state index contributed by atoms with van der Waals surface area (Å²) in [4.78, 5) is 42.7. The average molecular weight is 468 g/mol. The molecular formula is C24H22FN3O4S. The number of carbonyl (C=O) groups is 2. The van der Waals surface area contributed by atoms with Crippen LogP contribution in [0, 0.1) is 19.7 Å². The smallest absolute Gasteiger partial charge is 0.307 e. The van der Waals surface area contributed by atoms with Crippen molar-refractivity contribution in [1.29, 1.82) is 0 Å². The van der Waals surface area contributed by atoms with Crippen molar-refractivity contribution in [3.05, 3.63) is 75.2 Å². The van der Waals surface area contributed by atoms with Crippen LogP contribution in [-0.4, -0.2) is 33.0 Å². The number of aryl methyl sites for hydroxylation is 1. The summed E-state index contributed by atoms with van der Waals surface area (Å²) in [5.41, 5.74) is 3.11. The minimum absolute atomic E-state index is 0.165. The van der Waals surface area contributed by atoms with Gasteiger partial charge in [0, 0.05) is 34.4 Å². The second-order valence-corrected chi connectivity index (χ2v) is 8.56. The van der Waals surface area contributed by atoms with Gasteiger partial charge in [-0.15, -0.1) is 11.3 Å². The van der Waals surface area contributed by atoms with Crippen LogP contribution in [0.15, 0.2) is 46.8 Å². The Morgan fingerprint density at radius 2 is 1.91 bits per heavy atom. The van der Waals surface area contributed by atoms with E-state index in [-0.39, 0.29) is 36.1 Å². The Bertz CT molecular complexity index is 1420. The number of thiophene rings is 1. The SMILES string of the molecule is COC(=O)CCn1c(C)cc(C(=O)Cn2cnc3scc(-c4ccc(F)cc4)c3c2=O)c1C. The molecule has 170 valence electrons. The van der Waals surface area contributed by atoms with Crippen LogP contribution >= 0.6 is 11.3 Å². The predicted octanol–water partition coefficient (Wildman–Crippen LogP) is 4.13. The third-order valence-electron chi connectivity index (χ3n) is 5.67. The van der Waals surface area contributed by atoms with Crippen molar-refractivity contribution in [1.82, 2.24) is 14.1 Å². The van der Waals surface area contributed by atoms with Crippen LogP contribution in [0.4, 0.5) is 4.39 Å². The molecule has 0 unspecified atom stereocenters. The molecule has 0 N–H and O–H groups in total. The fourth-order valence-corrected chi connectivity index (χ4v) is 4.80. The number of halogens is 1. The Hall–Kier alpha value is -3.59. The first-order valence-corrected chi connectivity index (χ1v) is 11.2. The molecule has 0 radical (unpaired) electrons. The summed E-state index contributed by atoms with van der Waals surface area (Å²) >= 11 is 1.32. The molecule has 1 aromatic carbocycles. The molecule has 0 fully saturated rings. The van der Waals surface area contributed by atoms with Crippen LogP contribution in [-0.2, 0) is 22.6 Å². The van der Waals surface area contributed by atoms with E-state index in [0.29, 0.717) is 33.5 Å². The largest absolute Gasteiger partial charge is 0.469 e. The third kappa shape index (κ3) is 4.36. The highest BCUT2D eigenvalue weighted by molar-refractivity contribution is 7.17. The molecule has 0 saturated carbocycles. The molecule has 3 aromatic heterocycles. The molecule has 0 atom stereocenters. The van der Waals surface area contributed by atoms with Crippen molar-refractivity contribution in [3.63, 3.8) is 0 Å². The summed E-state index contributed by atoms with van der Waals surface area (Å²) in [5.74, 6) is -0.910. The molecule has 4 aromatic rings. The van der Waals surface area contributed by atoms with E-state index in [1.165, 1.54) is 41.5 Å². The normalized spacial score (nSPS) is 11.2. The van der Waals surface area contributed by atoms with E-state index in [9.17, 15) is 18.8 Å². The van der Waals surface area contributed by atoms with Gasteiger partial charge in [-0.05, 0) is 37.6 Å². The van der Waals surface area contributed by atoms with Crippen molar-refractivity contribution in [2.24, 2.45) is 0 Å². The summed E-state index contributed by atoms with van der Waals surface area (Å²) < 4.78 is 21.2. The van der Waals surface area contributed by atoms with Gasteiger partial charge in [0.2, 0.25) is 0 Å². The molecule has 4 rings (SSSR count). The number of Topliss-reactive ketones (excluding diaryl/α,β-unsaturated/α-hetero) is 1. The lowest BCUT2D eigenvalue weighted by Crippen LogP contribution is -2.24. The maximum Gasteiger partial charge on any atom is 0.307 e. The van der Waals surface area contributed by atoms with Crippen molar-refractivity contribution in [2.45, 2.75) is 33.4 Å². The molecular weight excluding hydrogens is 445 g/mol. The average Bonchev–Trinajstić information content (AvgIpc) is 3.36. The van der Waals surface area contributed by atoms with Gasteiger partial charge in [-0.25, -0.2) is 9.37 Å². The molecule has 7 nitrogen and oxygen atoms in total. The van der Waals surface area contributed by atoms with E-state index in [2.05, 4.69) is 4.98 Å². The summed E-state index contributed by atoms with van der Waals surface area (Å²) in [5, 5.41) is 2.22. The third-order valence-corrected chi connectivity index (χ3v) is 6.56. The van der Waals surface area contributed by atoms with E-state index in [1.807, 2.05) is 23.8 Å². The molecule has 0 spiro atoms. The monoisotopic (exact) mass is 467 g/mol. The highest BCUT2D eigenvalue weighted by Gasteiger charge is 2.19. The number of ketones is 1. The number of ether oxygens (including phenoxy) is 1. The zero-order chi connectivity index (χ0) is 23.7. The number of aromatic nitrogens is 3. The lowest BCUT2D eigenvalue weighted by Gasteiger charge is -2.09. The summed E-state index contributed by atoms with van der Waals surface area (Å²) in [6.07, 6.45) is 1.58. The summed E-state index contributed by atoms with van der Waals surface area (Å²) in [6.45, 7) is 3.91. The lowest BCUT2D eigenvalue weighted by atomic mass is 10.1. The van der Waals surface area contributed by atoms with Crippen molar-refractivity contribution >= 4 is 33.3 Å². The Balaban J connectivity index is 1.65. The maximum atomic E-state index is 13.3. The van der Waals surface area contributed by atoms with Crippen LogP contribution < -0.4 is 5.56 Å². The highest BCUT2D eigenvalue weighted by Crippen LogP contribution is 2.30. The number of benzene rings is 1. The number of hydrogen-bond acceptors (Lipinski definition) is 6. The number of rotatable bonds is 7. The second kappa shape index (κ2) is 9.11. The van der Waals surface area contributed by atoms with E-state index in [1.54, 1.807) is 18.2 Å². The van der Waals surface area contributed by atoms with Crippen LogP contribution in [0.1, 0.15) is 28.2 Å². The Kier molecular flexibility index (Phi) is 6.24. The van der Waals surface area contributed by atoms with E-state index >= 15 is 0 Å². The van der Waals surface area contributed by atoms with Gasteiger partial charge in [0.1, 0.15) is 10.6 Å². The minimum atomic E-state index is -0.358. The van der Waals surface area contributed by atoms with Gasteiger partial charge in [-0.1, -0.05) is 12.1 Å². The van der Waals surface area contributed by atoms with Gasteiger partial charge >= 0.3 is 5.97 Å². The molecule has 9 heteroatoms. The highest BCUT2D eigenvalue weighted by atomic mass is 32.1. The van der Waals surface area contributed by atoms with Gasteiger partial charge in [0.25, 0.3) is 5.56 Å². The molecule has 0 saturated heterocycles. The van der Waals surface area contributed by atoms with Crippen LogP contribution in [0.3, 0.4) is 0 Å². The lowest BCUT2D eigenvalue weighted by molar-refractivity contribution is -0.140. The van der Waals surface area contributed by atoms with Crippen LogP contribution in [0.5, 0.6) is 0 Å². The van der Waals surface area contributed by atoms with Crippen LogP contribution in [0.25, 0.3) is 21.3 Å². The Morgan fingerprint density at radius 3 is 2.61 bits per heavy atom. The van der Waals surface area contributed by atoms with Gasteiger partial charge in [-0.3, -0.25) is 19.0 Å². The number of nitrogens with zero attached hydrogens (tertiary/aromatic N) is 3. The summed E-state index contributed by atoms with van der Waals surface area (Å²) in [7, 11) is 1.34. The molecule has 0 amide bonds. The standard InChI is InChI=1S/C24H22FN3O4S/c1-14-10-18(15(2)28(14)9-8-21(30)32-3)20(29)11-27-13-26-23-22(24(27)31)19(12-33-23)16-4-6-17(25)7-5-16/h4-7,10,12-13H,8-9,11H2,1-3H3. The molecule has 0 aliphatic heterocycles. The van der Waals surface area contributed by atoms with Gasteiger partial charge in [-0.2, -0.15) is 0 Å². The van der Waals surface area contributed by atoms with Crippen LogP contribution in [0.2, 0.25) is 0 Å².